The number of ether oxygens (including phenoxy) is 1. The number of phenolic OH excluding ortho intramolecular Hbond substituents is 2. The van der Waals surface area contributed by atoms with Gasteiger partial charge in [0.15, 0.2) is 6.04 Å². The van der Waals surface area contributed by atoms with Crippen molar-refractivity contribution in [1.82, 2.24) is 14.8 Å². The van der Waals surface area contributed by atoms with Crippen LogP contribution in [0, 0.1) is 6.92 Å². The van der Waals surface area contributed by atoms with Gasteiger partial charge < -0.3 is 29.9 Å². The van der Waals surface area contributed by atoms with Crippen molar-refractivity contribution in [1.29, 1.82) is 0 Å². The molecule has 0 fully saturated rings. The van der Waals surface area contributed by atoms with Crippen LogP contribution in [0.1, 0.15) is 42.8 Å². The number of hydrogen-bond donors (Lipinski definition) is 3. The van der Waals surface area contributed by atoms with Crippen LogP contribution < -0.4 is 15.2 Å². The van der Waals surface area contributed by atoms with E-state index in [4.69, 9.17) is 4.74 Å². The number of fused-ring (bicyclic) bond motifs is 1. The number of thiazole rings is 1. The number of aliphatic carboxylic acids is 1. The van der Waals surface area contributed by atoms with Gasteiger partial charge in [0.05, 0.1) is 10.2 Å². The number of nitrogens with zero attached hydrogens (tertiary/aromatic N) is 4. The van der Waals surface area contributed by atoms with Crippen LogP contribution in [-0.4, -0.2) is 92.1 Å². The van der Waals surface area contributed by atoms with Crippen molar-refractivity contribution in [2.75, 3.05) is 32.9 Å². The maximum atomic E-state index is 13.1. The van der Waals surface area contributed by atoms with Crippen LogP contribution in [0.25, 0.3) is 23.4 Å². The third kappa shape index (κ3) is 6.83. The van der Waals surface area contributed by atoms with Gasteiger partial charge in [-0.2, -0.15) is 0 Å². The molecular formula is C31H36N4O7S2. The second-order valence-corrected chi connectivity index (χ2v) is 13.5. The Balaban J connectivity index is 1.30. The predicted molar refractivity (Wildman–Crippen MR) is 173 cm³/mol. The van der Waals surface area contributed by atoms with Gasteiger partial charge in [-0.05, 0) is 25.5 Å². The zero-order chi connectivity index (χ0) is 32.5. The number of amides is 2. The summed E-state index contributed by atoms with van der Waals surface area (Å²) in [5.41, 5.74) is 0.710. The first kappa shape index (κ1) is 32.8. The molecule has 1 aliphatic rings. The van der Waals surface area contributed by atoms with Gasteiger partial charge >= 0.3 is 12.1 Å². The molecule has 234 valence electrons. The summed E-state index contributed by atoms with van der Waals surface area (Å²) in [4.78, 5) is 48.8. The molecule has 0 saturated heterocycles. The van der Waals surface area contributed by atoms with Gasteiger partial charge in [0.1, 0.15) is 27.3 Å². The number of carbonyl (C=O) groups is 3. The molecule has 0 radical (unpaired) electrons. The molecule has 1 aromatic heterocycles. The van der Waals surface area contributed by atoms with Gasteiger partial charge in [-0.25, -0.2) is 14.6 Å². The van der Waals surface area contributed by atoms with Gasteiger partial charge in [0.2, 0.25) is 5.91 Å². The monoisotopic (exact) mass is 640 g/mol. The summed E-state index contributed by atoms with van der Waals surface area (Å²) >= 11 is 2.71. The Bertz CT molecular complexity index is 1770. The first-order chi connectivity index (χ1) is 20.6. The number of aliphatic imine (C=N–C) groups is 1. The molecule has 0 spiro atoms. The number of aromatic nitrogens is 1. The summed E-state index contributed by atoms with van der Waals surface area (Å²) in [5.74, 6) is -0.521. The number of carbonyl (C=O) groups excluding carboxylic acids is 2. The van der Waals surface area contributed by atoms with Gasteiger partial charge in [0, 0.05) is 72.4 Å². The number of thioether (sulfide) groups is 1. The fourth-order valence-corrected chi connectivity index (χ4v) is 7.00. The summed E-state index contributed by atoms with van der Waals surface area (Å²) in [7, 11) is 3.29. The number of aromatic hydroxyl groups is 2. The number of carboxylic acid groups (broad SMARTS) is 1. The Morgan fingerprint density at radius 2 is 1.77 bits per heavy atom. The lowest BCUT2D eigenvalue weighted by molar-refractivity contribution is -0.137. The molecule has 2 heterocycles. The van der Waals surface area contributed by atoms with Crippen LogP contribution in [0.15, 0.2) is 23.2 Å². The molecule has 1 atom stereocenters. The maximum absolute atomic E-state index is 13.1. The lowest BCUT2D eigenvalue weighted by Gasteiger charge is -2.29. The van der Waals surface area contributed by atoms with Gasteiger partial charge in [-0.3, -0.25) is 9.79 Å². The summed E-state index contributed by atoms with van der Waals surface area (Å²) in [6, 6.07) is 4.33. The molecule has 3 aromatic rings. The van der Waals surface area contributed by atoms with E-state index in [0.29, 0.717) is 62.9 Å². The summed E-state index contributed by atoms with van der Waals surface area (Å²) in [5, 5.41) is 32.2. The Kier molecular flexibility index (Phi) is 9.59. The van der Waals surface area contributed by atoms with Crippen molar-refractivity contribution in [3.63, 3.8) is 0 Å². The number of benzene rings is 2. The minimum atomic E-state index is -0.962. The minimum Gasteiger partial charge on any atom is -0.507 e. The maximum Gasteiger partial charge on any atom is 0.414 e. The molecule has 0 saturated carbocycles. The van der Waals surface area contributed by atoms with Crippen LogP contribution in [0.3, 0.4) is 0 Å². The van der Waals surface area contributed by atoms with Crippen LogP contribution in [-0.2, 0) is 15.0 Å². The molecule has 2 amide bonds. The quantitative estimate of drug-likeness (QED) is 0.283. The van der Waals surface area contributed by atoms with Gasteiger partial charge in [-0.1, -0.05) is 27.0 Å². The molecule has 3 N–H and O–H groups in total. The first-order valence-corrected chi connectivity index (χ1v) is 15.6. The number of carboxylic acids is 1. The molecule has 44 heavy (non-hydrogen) atoms. The van der Waals surface area contributed by atoms with E-state index >= 15 is 0 Å². The molecule has 11 nitrogen and oxygen atoms in total. The van der Waals surface area contributed by atoms with Crippen molar-refractivity contribution < 1.29 is 34.4 Å². The van der Waals surface area contributed by atoms with Crippen LogP contribution in [0.4, 0.5) is 4.79 Å². The second kappa shape index (κ2) is 12.9. The first-order valence-electron chi connectivity index (χ1n) is 13.8. The zero-order valence-electron chi connectivity index (χ0n) is 25.3. The Morgan fingerprint density at radius 3 is 2.43 bits per heavy atom. The van der Waals surface area contributed by atoms with E-state index in [1.807, 2.05) is 13.8 Å². The van der Waals surface area contributed by atoms with Crippen LogP contribution in [0.2, 0.25) is 0 Å². The standard InChI is InChI=1S/C31H36N4O7S2/c1-16-17(2)26(38)24(18(3)25(16)37)31(4,5)14-23(36)34(6)11-8-12-35(7)30(41)42-19-9-10-20-22(13-19)44-28(32-20)27-33-21(15-43-27)29(39)40/h9-10,13,21,37-38H,2-3,8,11-12,14-15H2,1,4-7H3,(H,39,40)/t21-/m1/s1. The second-order valence-electron chi connectivity index (χ2n) is 11.4. The summed E-state index contributed by atoms with van der Waals surface area (Å²) < 4.78 is 6.34. The Morgan fingerprint density at radius 1 is 1.09 bits per heavy atom. The molecule has 2 aromatic carbocycles. The normalized spacial score (nSPS) is 14.8. The van der Waals surface area contributed by atoms with Gasteiger partial charge in [0.25, 0.3) is 0 Å². The fraction of sp³-hybridized carbons (Fsp3) is 0.387. The van der Waals surface area contributed by atoms with Crippen molar-refractivity contribution >= 4 is 69.5 Å². The molecule has 0 unspecified atom stereocenters. The third-order valence-corrected chi connectivity index (χ3v) is 9.81. The molecule has 0 aliphatic carbocycles. The Labute approximate surface area is 263 Å². The van der Waals surface area contributed by atoms with Crippen molar-refractivity contribution in [3.05, 3.63) is 44.8 Å². The number of hydrogen-bond acceptors (Lipinski definition) is 10. The van der Waals surface area contributed by atoms with E-state index in [9.17, 15) is 29.7 Å². The Hall–Kier alpha value is -4.10. The lowest BCUT2D eigenvalue weighted by Crippen LogP contribution is -2.38. The van der Waals surface area contributed by atoms with Crippen molar-refractivity contribution in [2.45, 2.75) is 45.1 Å². The molecule has 13 heteroatoms. The highest BCUT2D eigenvalue weighted by Crippen LogP contribution is 2.33. The number of phenols is 2. The average Bonchev–Trinajstić information content (AvgIpc) is 3.62. The average molecular weight is 641 g/mol. The van der Waals surface area contributed by atoms with E-state index in [0.717, 1.165) is 4.70 Å². The lowest BCUT2D eigenvalue weighted by atomic mass is 9.78. The minimum absolute atomic E-state index is 0.0443. The van der Waals surface area contributed by atoms with Crippen molar-refractivity contribution in [3.8, 4) is 17.2 Å². The summed E-state index contributed by atoms with van der Waals surface area (Å²) in [6.45, 7) is 13.8. The zero-order valence-corrected chi connectivity index (χ0v) is 27.0. The third-order valence-electron chi connectivity index (χ3n) is 7.60. The highest BCUT2D eigenvalue weighted by atomic mass is 32.2. The topological polar surface area (TPSA) is 153 Å². The molecule has 4 rings (SSSR count). The molecule has 1 aliphatic heterocycles. The van der Waals surface area contributed by atoms with Gasteiger partial charge in [-0.15, -0.1) is 23.1 Å². The SMILES string of the molecule is C=c1c(C)c(O)c(=C)c(C(C)(C)CC(=O)N(C)CCCN(C)C(=O)Oc2ccc3nc(C4=N[C@@H](C(=O)O)CS4)sc3c2)c1O. The van der Waals surface area contributed by atoms with E-state index in [-0.39, 0.29) is 29.0 Å². The summed E-state index contributed by atoms with van der Waals surface area (Å²) in [6.07, 6.45) is 0.0155. The largest absolute Gasteiger partial charge is 0.507 e. The highest BCUT2D eigenvalue weighted by molar-refractivity contribution is 8.15. The predicted octanol–water partition coefficient (Wildman–Crippen LogP) is 3.43. The molecule has 0 bridgehead atoms. The van der Waals surface area contributed by atoms with E-state index < -0.39 is 23.5 Å². The smallest absolute Gasteiger partial charge is 0.414 e. The molecular weight excluding hydrogens is 604 g/mol. The van der Waals surface area contributed by atoms with E-state index in [1.54, 1.807) is 44.1 Å². The highest BCUT2D eigenvalue weighted by Gasteiger charge is 2.31. The van der Waals surface area contributed by atoms with Crippen LogP contribution >= 0.6 is 23.1 Å². The van der Waals surface area contributed by atoms with Crippen LogP contribution in [0.5, 0.6) is 17.2 Å². The van der Waals surface area contributed by atoms with Crippen molar-refractivity contribution in [2.24, 2.45) is 4.99 Å². The van der Waals surface area contributed by atoms with E-state index in [2.05, 4.69) is 23.1 Å². The fourth-order valence-electron chi connectivity index (χ4n) is 4.91. The number of rotatable bonds is 10. The van der Waals surface area contributed by atoms with E-state index in [1.165, 1.54) is 28.0 Å².